The summed E-state index contributed by atoms with van der Waals surface area (Å²) in [6.07, 6.45) is 5.66. The van der Waals surface area contributed by atoms with Crippen LogP contribution >= 0.6 is 0 Å². The van der Waals surface area contributed by atoms with Gasteiger partial charge in [0.15, 0.2) is 0 Å². The van der Waals surface area contributed by atoms with Crippen molar-refractivity contribution in [1.29, 1.82) is 0 Å². The molecule has 4 heteroatoms. The van der Waals surface area contributed by atoms with Crippen molar-refractivity contribution >= 4 is 38.6 Å². The first-order valence-corrected chi connectivity index (χ1v) is 12.0. The molecule has 0 atom stereocenters. The Kier molecular flexibility index (Phi) is 3.11. The molecule has 0 fully saturated rings. The third-order valence-corrected chi connectivity index (χ3v) is 7.91. The van der Waals surface area contributed by atoms with Crippen LogP contribution in [-0.2, 0) is 12.8 Å². The molecule has 0 unspecified atom stereocenters. The molecule has 0 spiro atoms. The maximum absolute atomic E-state index is 5.16. The fourth-order valence-corrected chi connectivity index (χ4v) is 6.45. The summed E-state index contributed by atoms with van der Waals surface area (Å²) in [4.78, 5) is 14.6. The summed E-state index contributed by atoms with van der Waals surface area (Å²) in [6, 6.07) is 26.3. The molecule has 162 valence electrons. The molecule has 2 aliphatic carbocycles. The number of nitrogens with zero attached hydrogens (tertiary/aromatic N) is 4. The highest BCUT2D eigenvalue weighted by Gasteiger charge is 2.29. The third-order valence-electron chi connectivity index (χ3n) is 7.91. The summed E-state index contributed by atoms with van der Waals surface area (Å²) in [6.45, 7) is 0. The van der Waals surface area contributed by atoms with Gasteiger partial charge in [-0.15, -0.1) is 0 Å². The maximum Gasteiger partial charge on any atom is 0.149 e. The Morgan fingerprint density at radius 3 is 2.43 bits per heavy atom. The Labute approximate surface area is 200 Å². The lowest BCUT2D eigenvalue weighted by Crippen LogP contribution is -1.95. The van der Waals surface area contributed by atoms with E-state index in [1.165, 1.54) is 44.5 Å². The van der Waals surface area contributed by atoms with Crippen LogP contribution in [-0.4, -0.2) is 19.4 Å². The Morgan fingerprint density at radius 1 is 0.629 bits per heavy atom. The van der Waals surface area contributed by atoms with E-state index in [2.05, 4.69) is 70.0 Å². The fraction of sp³-hybridized carbons (Fsp3) is 0.0645. The molecule has 7 aromatic rings. The summed E-state index contributed by atoms with van der Waals surface area (Å²) in [5, 5.41) is 2.11. The summed E-state index contributed by atoms with van der Waals surface area (Å²) in [5.74, 6) is 0. The normalized spacial score (nSPS) is 13.5. The van der Waals surface area contributed by atoms with Crippen LogP contribution in [0.5, 0.6) is 0 Å². The van der Waals surface area contributed by atoms with Gasteiger partial charge in [-0.1, -0.05) is 36.4 Å². The molecule has 3 aromatic carbocycles. The van der Waals surface area contributed by atoms with Crippen molar-refractivity contribution in [2.45, 2.75) is 12.8 Å². The minimum absolute atomic E-state index is 0.906. The van der Waals surface area contributed by atoms with E-state index in [1.807, 2.05) is 24.5 Å². The second kappa shape index (κ2) is 6.10. The number of hydrogen-bond acceptors (Lipinski definition) is 3. The van der Waals surface area contributed by atoms with Crippen LogP contribution in [0, 0.1) is 0 Å². The van der Waals surface area contributed by atoms with Crippen molar-refractivity contribution in [2.75, 3.05) is 0 Å². The first kappa shape index (κ1) is 17.8. The summed E-state index contributed by atoms with van der Waals surface area (Å²) < 4.78 is 2.22. The zero-order chi connectivity index (χ0) is 22.7. The van der Waals surface area contributed by atoms with Gasteiger partial charge in [0.05, 0.1) is 16.6 Å². The van der Waals surface area contributed by atoms with Gasteiger partial charge in [0.2, 0.25) is 0 Å². The number of fused-ring (bicyclic) bond motifs is 15. The van der Waals surface area contributed by atoms with E-state index in [0.29, 0.717) is 0 Å². The monoisotopic (exact) mass is 446 g/mol. The van der Waals surface area contributed by atoms with Crippen LogP contribution in [0.4, 0.5) is 0 Å². The van der Waals surface area contributed by atoms with Crippen molar-refractivity contribution < 1.29 is 0 Å². The molecule has 2 aliphatic rings. The first-order chi connectivity index (χ1) is 17.3. The van der Waals surface area contributed by atoms with Gasteiger partial charge in [-0.25, -0.2) is 9.97 Å². The van der Waals surface area contributed by atoms with Gasteiger partial charge >= 0.3 is 0 Å². The number of imidazole rings is 1. The predicted octanol–water partition coefficient (Wildman–Crippen LogP) is 6.73. The van der Waals surface area contributed by atoms with E-state index in [4.69, 9.17) is 9.97 Å². The Bertz CT molecular complexity index is 2070. The predicted molar refractivity (Wildman–Crippen MR) is 140 cm³/mol. The Morgan fingerprint density at radius 2 is 1.49 bits per heavy atom. The van der Waals surface area contributed by atoms with Crippen LogP contribution in [0.3, 0.4) is 0 Å². The SMILES string of the molecule is c1ccc2c(c1)Cc1c-2ccc2c1-c1cc3nc4c5cccnc5c5cccnc5n4c3cc1C2. The van der Waals surface area contributed by atoms with Gasteiger partial charge in [0, 0.05) is 23.2 Å². The molecule has 0 saturated carbocycles. The number of hydrogen-bond donors (Lipinski definition) is 0. The minimum atomic E-state index is 0.906. The third kappa shape index (κ3) is 2.15. The van der Waals surface area contributed by atoms with Crippen LogP contribution in [0.15, 0.2) is 85.2 Å². The fourth-order valence-electron chi connectivity index (χ4n) is 6.45. The lowest BCUT2D eigenvalue weighted by atomic mass is 9.95. The molecule has 9 rings (SSSR count). The molecule has 0 N–H and O–H groups in total. The van der Waals surface area contributed by atoms with Gasteiger partial charge in [-0.05, 0) is 93.7 Å². The van der Waals surface area contributed by atoms with Gasteiger partial charge in [-0.2, -0.15) is 0 Å². The van der Waals surface area contributed by atoms with Crippen LogP contribution < -0.4 is 0 Å². The summed E-state index contributed by atoms with van der Waals surface area (Å²) >= 11 is 0. The lowest BCUT2D eigenvalue weighted by Gasteiger charge is -2.09. The molecular weight excluding hydrogens is 428 g/mol. The van der Waals surface area contributed by atoms with Crippen molar-refractivity contribution in [2.24, 2.45) is 0 Å². The Balaban J connectivity index is 1.38. The molecule has 35 heavy (non-hydrogen) atoms. The smallest absolute Gasteiger partial charge is 0.149 e. The summed E-state index contributed by atoms with van der Waals surface area (Å²) in [5.41, 5.74) is 16.1. The molecule has 4 heterocycles. The second-order valence-electron chi connectivity index (χ2n) is 9.68. The molecule has 4 nitrogen and oxygen atoms in total. The molecule has 4 aromatic heterocycles. The number of pyridine rings is 3. The molecule has 0 amide bonds. The Hall–Kier alpha value is -4.57. The topological polar surface area (TPSA) is 43.1 Å². The van der Waals surface area contributed by atoms with E-state index < -0.39 is 0 Å². The van der Waals surface area contributed by atoms with Gasteiger partial charge in [-0.3, -0.25) is 9.38 Å². The first-order valence-electron chi connectivity index (χ1n) is 12.0. The highest BCUT2D eigenvalue weighted by Crippen LogP contribution is 2.48. The minimum Gasteiger partial charge on any atom is -0.276 e. The van der Waals surface area contributed by atoms with Gasteiger partial charge < -0.3 is 0 Å². The zero-order valence-corrected chi connectivity index (χ0v) is 18.8. The molecule has 0 bridgehead atoms. The largest absolute Gasteiger partial charge is 0.276 e. The second-order valence-corrected chi connectivity index (χ2v) is 9.68. The highest BCUT2D eigenvalue weighted by atomic mass is 15.1. The zero-order valence-electron chi connectivity index (χ0n) is 18.8. The van der Waals surface area contributed by atoms with Crippen molar-refractivity contribution in [1.82, 2.24) is 19.4 Å². The van der Waals surface area contributed by atoms with Crippen molar-refractivity contribution in [3.63, 3.8) is 0 Å². The molecule has 0 radical (unpaired) electrons. The molecular formula is C31H18N4. The van der Waals surface area contributed by atoms with E-state index in [0.717, 1.165) is 51.5 Å². The van der Waals surface area contributed by atoms with E-state index in [-0.39, 0.29) is 0 Å². The quantitative estimate of drug-likeness (QED) is 0.243. The van der Waals surface area contributed by atoms with Gasteiger partial charge in [0.1, 0.15) is 11.3 Å². The average molecular weight is 447 g/mol. The standard InChI is InChI=1S/C31H18N4/c1-2-6-20-17(5-1)14-25-21(20)10-9-18-13-19-15-27-26(16-24(19)28(18)25)34-31-23-8-3-11-32-29(23)22-7-4-12-33-30(22)35(27)31/h1-12,15-16H,13-14H2. The lowest BCUT2D eigenvalue weighted by molar-refractivity contribution is 1.21. The van der Waals surface area contributed by atoms with Crippen LogP contribution in [0.25, 0.3) is 60.9 Å². The van der Waals surface area contributed by atoms with Crippen molar-refractivity contribution in [3.05, 3.63) is 107 Å². The number of aromatic nitrogens is 4. The maximum atomic E-state index is 5.16. The highest BCUT2D eigenvalue weighted by molar-refractivity contribution is 6.11. The van der Waals surface area contributed by atoms with E-state index >= 15 is 0 Å². The summed E-state index contributed by atoms with van der Waals surface area (Å²) in [7, 11) is 0. The van der Waals surface area contributed by atoms with Crippen LogP contribution in [0.1, 0.15) is 22.3 Å². The van der Waals surface area contributed by atoms with E-state index in [9.17, 15) is 0 Å². The average Bonchev–Trinajstić information content (AvgIpc) is 3.58. The van der Waals surface area contributed by atoms with Crippen LogP contribution in [0.2, 0.25) is 0 Å². The molecule has 0 saturated heterocycles. The number of benzene rings is 3. The molecule has 0 aliphatic heterocycles. The van der Waals surface area contributed by atoms with Crippen molar-refractivity contribution in [3.8, 4) is 22.3 Å². The number of rotatable bonds is 0. The van der Waals surface area contributed by atoms with E-state index in [1.54, 1.807) is 0 Å². The van der Waals surface area contributed by atoms with Gasteiger partial charge in [0.25, 0.3) is 0 Å².